The van der Waals surface area contributed by atoms with Crippen molar-refractivity contribution in [3.63, 3.8) is 0 Å². The van der Waals surface area contributed by atoms with E-state index in [1.54, 1.807) is 0 Å². The van der Waals surface area contributed by atoms with Crippen LogP contribution in [0.25, 0.3) is 0 Å². The highest BCUT2D eigenvalue weighted by Crippen LogP contribution is 2.33. The van der Waals surface area contributed by atoms with Crippen molar-refractivity contribution < 1.29 is 13.7 Å². The molecule has 0 aliphatic rings. The third kappa shape index (κ3) is 4.14. The molecule has 0 N–H and O–H groups in total. The van der Waals surface area contributed by atoms with E-state index >= 15 is 0 Å². The Labute approximate surface area is 143 Å². The van der Waals surface area contributed by atoms with Gasteiger partial charge in [-0.1, -0.05) is 36.0 Å². The first-order valence-corrected chi connectivity index (χ1v) is 8.53. The molecule has 1 aromatic carbocycles. The topological polar surface area (TPSA) is 87.1 Å². The Balaban J connectivity index is 1.57. The number of ether oxygens (including phenoxy) is 1. The van der Waals surface area contributed by atoms with Crippen LogP contribution in [0.3, 0.4) is 0 Å². The lowest BCUT2D eigenvalue weighted by Gasteiger charge is -2.03. The van der Waals surface area contributed by atoms with Crippen LogP contribution in [0.4, 0.5) is 0 Å². The van der Waals surface area contributed by atoms with Crippen molar-refractivity contribution in [3.05, 3.63) is 47.4 Å². The summed E-state index contributed by atoms with van der Waals surface area (Å²) >= 11 is 1.37. The summed E-state index contributed by atoms with van der Waals surface area (Å²) in [6.45, 7) is 6.17. The van der Waals surface area contributed by atoms with Crippen LogP contribution in [0.2, 0.25) is 0 Å². The molecule has 1 atom stereocenters. The zero-order chi connectivity index (χ0) is 16.9. The minimum atomic E-state index is -0.0659. The summed E-state index contributed by atoms with van der Waals surface area (Å²) < 4.78 is 16.5. The number of hydrogen-bond acceptors (Lipinski definition) is 8. The minimum absolute atomic E-state index is 0.0659. The summed E-state index contributed by atoms with van der Waals surface area (Å²) in [5.74, 6) is 2.43. The van der Waals surface area contributed by atoms with E-state index in [0.29, 0.717) is 22.8 Å². The van der Waals surface area contributed by atoms with Gasteiger partial charge < -0.3 is 13.7 Å². The molecule has 0 fully saturated rings. The van der Waals surface area contributed by atoms with Gasteiger partial charge in [0.2, 0.25) is 5.89 Å². The van der Waals surface area contributed by atoms with Crippen molar-refractivity contribution in [2.24, 2.45) is 0 Å². The van der Waals surface area contributed by atoms with Crippen molar-refractivity contribution in [1.29, 1.82) is 0 Å². The number of rotatable bonds is 7. The smallest absolute Gasteiger partial charge is 0.277 e. The molecule has 2 aromatic heterocycles. The Morgan fingerprint density at radius 2 is 2.17 bits per heavy atom. The predicted octanol–water partition coefficient (Wildman–Crippen LogP) is 3.76. The van der Waals surface area contributed by atoms with Crippen LogP contribution in [-0.4, -0.2) is 20.3 Å². The summed E-state index contributed by atoms with van der Waals surface area (Å²) in [4.78, 5) is 4.30. The second-order valence-electron chi connectivity index (χ2n) is 5.23. The zero-order valence-corrected chi connectivity index (χ0v) is 14.5. The maximum absolute atomic E-state index is 5.65. The summed E-state index contributed by atoms with van der Waals surface area (Å²) in [7, 11) is 0. The monoisotopic (exact) mass is 346 g/mol. The molecule has 0 saturated heterocycles. The van der Waals surface area contributed by atoms with E-state index in [9.17, 15) is 0 Å². The average molecular weight is 346 g/mol. The maximum atomic E-state index is 5.65. The fourth-order valence-electron chi connectivity index (χ4n) is 1.97. The normalized spacial score (nSPS) is 12.3. The Morgan fingerprint density at radius 3 is 2.92 bits per heavy atom. The predicted molar refractivity (Wildman–Crippen MR) is 87.8 cm³/mol. The SMILES string of the molecule is CCc1noc(C(C)Sc2nnc(COc3cccc(C)c3)o2)n1. The average Bonchev–Trinajstić information content (AvgIpc) is 3.22. The van der Waals surface area contributed by atoms with E-state index in [4.69, 9.17) is 13.7 Å². The largest absolute Gasteiger partial charge is 0.484 e. The number of aromatic nitrogens is 4. The van der Waals surface area contributed by atoms with Crippen molar-refractivity contribution >= 4 is 11.8 Å². The molecule has 7 nitrogen and oxygen atoms in total. The van der Waals surface area contributed by atoms with Gasteiger partial charge in [-0.2, -0.15) is 4.98 Å². The first-order valence-electron chi connectivity index (χ1n) is 7.65. The molecule has 3 rings (SSSR count). The van der Waals surface area contributed by atoms with Crippen molar-refractivity contribution in [3.8, 4) is 5.75 Å². The van der Waals surface area contributed by atoms with Crippen molar-refractivity contribution in [2.45, 2.75) is 44.3 Å². The molecule has 8 heteroatoms. The van der Waals surface area contributed by atoms with E-state index in [1.807, 2.05) is 45.0 Å². The Hall–Kier alpha value is -2.35. The summed E-state index contributed by atoms with van der Waals surface area (Å²) in [6.07, 6.45) is 0.738. The molecule has 126 valence electrons. The van der Waals surface area contributed by atoms with E-state index in [2.05, 4.69) is 20.3 Å². The highest BCUT2D eigenvalue weighted by Gasteiger charge is 2.18. The summed E-state index contributed by atoms with van der Waals surface area (Å²) in [5.41, 5.74) is 1.13. The van der Waals surface area contributed by atoms with Gasteiger partial charge in [-0.15, -0.1) is 10.2 Å². The van der Waals surface area contributed by atoms with Crippen LogP contribution in [0, 0.1) is 6.92 Å². The highest BCUT2D eigenvalue weighted by molar-refractivity contribution is 7.99. The number of nitrogens with zero attached hydrogens (tertiary/aromatic N) is 4. The molecule has 2 heterocycles. The van der Waals surface area contributed by atoms with Gasteiger partial charge in [0.25, 0.3) is 11.1 Å². The Kier molecular flexibility index (Phi) is 5.14. The standard InChI is InChI=1S/C16H18N4O3S/c1-4-13-17-15(23-20-13)11(3)24-16-19-18-14(22-16)9-21-12-7-5-6-10(2)8-12/h5-8,11H,4,9H2,1-3H3. The molecule has 0 spiro atoms. The van der Waals surface area contributed by atoms with Crippen LogP contribution in [0.15, 0.2) is 38.4 Å². The number of benzene rings is 1. The Bertz CT molecular complexity index is 802. The van der Waals surface area contributed by atoms with Gasteiger partial charge in [0.1, 0.15) is 5.75 Å². The third-order valence-corrected chi connectivity index (χ3v) is 4.15. The lowest BCUT2D eigenvalue weighted by atomic mass is 10.2. The van der Waals surface area contributed by atoms with Crippen LogP contribution in [0.1, 0.15) is 42.3 Å². The van der Waals surface area contributed by atoms with Crippen molar-refractivity contribution in [1.82, 2.24) is 20.3 Å². The first kappa shape index (κ1) is 16.5. The number of aryl methyl sites for hydroxylation is 2. The molecular weight excluding hydrogens is 328 g/mol. The first-order chi connectivity index (χ1) is 11.6. The van der Waals surface area contributed by atoms with E-state index in [1.165, 1.54) is 11.8 Å². The molecule has 0 bridgehead atoms. The second kappa shape index (κ2) is 7.48. The summed E-state index contributed by atoms with van der Waals surface area (Å²) in [6, 6.07) is 7.80. The minimum Gasteiger partial charge on any atom is -0.484 e. The zero-order valence-electron chi connectivity index (χ0n) is 13.7. The van der Waals surface area contributed by atoms with E-state index < -0.39 is 0 Å². The quantitative estimate of drug-likeness (QED) is 0.598. The van der Waals surface area contributed by atoms with Crippen molar-refractivity contribution in [2.75, 3.05) is 0 Å². The summed E-state index contributed by atoms with van der Waals surface area (Å²) in [5, 5.41) is 12.3. The molecule has 0 amide bonds. The lowest BCUT2D eigenvalue weighted by Crippen LogP contribution is -1.95. The molecule has 24 heavy (non-hydrogen) atoms. The third-order valence-electron chi connectivity index (χ3n) is 3.23. The van der Waals surface area contributed by atoms with Crippen LogP contribution >= 0.6 is 11.8 Å². The molecule has 0 aliphatic carbocycles. The molecular formula is C16H18N4O3S. The van der Waals surface area contributed by atoms with Gasteiger partial charge in [0.05, 0.1) is 5.25 Å². The van der Waals surface area contributed by atoms with Crippen LogP contribution in [0.5, 0.6) is 5.75 Å². The van der Waals surface area contributed by atoms with Gasteiger partial charge in [-0.05, 0) is 31.5 Å². The number of thioether (sulfide) groups is 1. The molecule has 1 unspecified atom stereocenters. The molecule has 3 aromatic rings. The van der Waals surface area contributed by atoms with Crippen LogP contribution in [-0.2, 0) is 13.0 Å². The Morgan fingerprint density at radius 1 is 1.29 bits per heavy atom. The van der Waals surface area contributed by atoms with Gasteiger partial charge >= 0.3 is 0 Å². The second-order valence-corrected chi connectivity index (χ2v) is 6.52. The van der Waals surface area contributed by atoms with Gasteiger partial charge in [0.15, 0.2) is 12.4 Å². The fourth-order valence-corrected chi connectivity index (χ4v) is 2.70. The van der Waals surface area contributed by atoms with Gasteiger partial charge in [0, 0.05) is 6.42 Å². The molecule has 0 radical (unpaired) electrons. The highest BCUT2D eigenvalue weighted by atomic mass is 32.2. The van der Waals surface area contributed by atoms with Gasteiger partial charge in [-0.3, -0.25) is 0 Å². The molecule has 0 aliphatic heterocycles. The number of hydrogen-bond donors (Lipinski definition) is 0. The van der Waals surface area contributed by atoms with Crippen LogP contribution < -0.4 is 4.74 Å². The maximum Gasteiger partial charge on any atom is 0.277 e. The van der Waals surface area contributed by atoms with Gasteiger partial charge in [-0.25, -0.2) is 0 Å². The molecule has 0 saturated carbocycles. The lowest BCUT2D eigenvalue weighted by molar-refractivity contribution is 0.252. The van der Waals surface area contributed by atoms with E-state index in [-0.39, 0.29) is 11.9 Å². The van der Waals surface area contributed by atoms with E-state index in [0.717, 1.165) is 17.7 Å². The fraction of sp³-hybridized carbons (Fsp3) is 0.375.